The number of esters is 1. The molecule has 5 nitrogen and oxygen atoms in total. The fourth-order valence-corrected chi connectivity index (χ4v) is 2.39. The van der Waals surface area contributed by atoms with E-state index in [2.05, 4.69) is 26.6 Å². The van der Waals surface area contributed by atoms with E-state index in [9.17, 15) is 9.59 Å². The molecule has 1 atom stereocenters. The molecule has 0 unspecified atom stereocenters. The molecule has 0 spiro atoms. The Balaban J connectivity index is 2.26. The third kappa shape index (κ3) is 3.85. The first-order chi connectivity index (χ1) is 10.1. The van der Waals surface area contributed by atoms with E-state index >= 15 is 0 Å². The van der Waals surface area contributed by atoms with Crippen LogP contribution in [0.2, 0.25) is 0 Å². The molecule has 1 aromatic carbocycles. The van der Waals surface area contributed by atoms with Crippen LogP contribution in [0.3, 0.4) is 0 Å². The number of halogens is 1. The summed E-state index contributed by atoms with van der Waals surface area (Å²) >= 11 is 3.29. The average molecular weight is 353 g/mol. The molecule has 2 rings (SSSR count). The standard InChI is InChI=1S/C15H17BrN2O3/c1-10-12(14(19)21-9-5-8-16)13(18-15(20)17-10)11-6-3-2-4-7-11/h2-4,6-7,13H,5,8-9H2,1H3,(H2,17,18,20)/t13-/m0/s1. The van der Waals surface area contributed by atoms with Gasteiger partial charge in [0.05, 0.1) is 18.2 Å². The number of carbonyl (C=O) groups excluding carboxylic acids is 2. The molecule has 21 heavy (non-hydrogen) atoms. The number of urea groups is 1. The number of ether oxygens (including phenoxy) is 1. The second-order valence-corrected chi connectivity index (χ2v) is 5.45. The van der Waals surface area contributed by atoms with Gasteiger partial charge in [0.15, 0.2) is 0 Å². The van der Waals surface area contributed by atoms with E-state index in [-0.39, 0.29) is 6.03 Å². The highest BCUT2D eigenvalue weighted by atomic mass is 79.9. The van der Waals surface area contributed by atoms with Crippen LogP contribution in [0.15, 0.2) is 41.6 Å². The minimum absolute atomic E-state index is 0.321. The van der Waals surface area contributed by atoms with Gasteiger partial charge in [0, 0.05) is 11.0 Å². The molecule has 2 N–H and O–H groups in total. The zero-order valence-electron chi connectivity index (χ0n) is 11.7. The molecule has 0 saturated heterocycles. The number of amides is 2. The molecule has 0 bridgehead atoms. The van der Waals surface area contributed by atoms with Gasteiger partial charge in [-0.2, -0.15) is 0 Å². The summed E-state index contributed by atoms with van der Waals surface area (Å²) in [6.07, 6.45) is 0.744. The van der Waals surface area contributed by atoms with Crippen molar-refractivity contribution in [3.8, 4) is 0 Å². The lowest BCUT2D eigenvalue weighted by molar-refractivity contribution is -0.139. The summed E-state index contributed by atoms with van der Waals surface area (Å²) in [5, 5.41) is 6.16. The Morgan fingerprint density at radius 3 is 2.71 bits per heavy atom. The van der Waals surface area contributed by atoms with Crippen LogP contribution in [-0.4, -0.2) is 23.9 Å². The number of nitrogens with one attached hydrogen (secondary N) is 2. The summed E-state index contributed by atoms with van der Waals surface area (Å²) in [5.74, 6) is -0.408. The van der Waals surface area contributed by atoms with Crippen LogP contribution in [-0.2, 0) is 9.53 Å². The number of rotatable bonds is 5. The second-order valence-electron chi connectivity index (χ2n) is 4.66. The van der Waals surface area contributed by atoms with Crippen molar-refractivity contribution in [3.63, 3.8) is 0 Å². The smallest absolute Gasteiger partial charge is 0.338 e. The van der Waals surface area contributed by atoms with Crippen molar-refractivity contribution >= 4 is 27.9 Å². The molecule has 0 saturated carbocycles. The zero-order valence-corrected chi connectivity index (χ0v) is 13.3. The Labute approximate surface area is 131 Å². The van der Waals surface area contributed by atoms with E-state index in [0.717, 1.165) is 17.3 Å². The van der Waals surface area contributed by atoms with Crippen LogP contribution in [0.25, 0.3) is 0 Å². The summed E-state index contributed by atoms with van der Waals surface area (Å²) in [5.41, 5.74) is 1.81. The highest BCUT2D eigenvalue weighted by molar-refractivity contribution is 9.09. The maximum absolute atomic E-state index is 12.3. The summed E-state index contributed by atoms with van der Waals surface area (Å²) in [4.78, 5) is 24.0. The lowest BCUT2D eigenvalue weighted by Gasteiger charge is -2.28. The highest BCUT2D eigenvalue weighted by Crippen LogP contribution is 2.27. The van der Waals surface area contributed by atoms with E-state index in [4.69, 9.17) is 4.74 Å². The highest BCUT2D eigenvalue weighted by Gasteiger charge is 2.31. The molecular weight excluding hydrogens is 336 g/mol. The van der Waals surface area contributed by atoms with Crippen molar-refractivity contribution in [2.24, 2.45) is 0 Å². The van der Waals surface area contributed by atoms with E-state index in [1.54, 1.807) is 6.92 Å². The van der Waals surface area contributed by atoms with Crippen LogP contribution in [0, 0.1) is 0 Å². The van der Waals surface area contributed by atoms with E-state index in [0.29, 0.717) is 17.9 Å². The first kappa shape index (κ1) is 15.6. The van der Waals surface area contributed by atoms with Crippen LogP contribution >= 0.6 is 15.9 Å². The monoisotopic (exact) mass is 352 g/mol. The molecule has 2 amide bonds. The van der Waals surface area contributed by atoms with Crippen molar-refractivity contribution in [2.75, 3.05) is 11.9 Å². The Kier molecular flexibility index (Phi) is 5.38. The summed E-state index contributed by atoms with van der Waals surface area (Å²) in [6, 6.07) is 8.55. The Hall–Kier alpha value is -1.82. The minimum atomic E-state index is -0.489. The molecule has 6 heteroatoms. The molecule has 1 aromatic rings. The van der Waals surface area contributed by atoms with E-state index in [1.165, 1.54) is 0 Å². The number of carbonyl (C=O) groups is 2. The number of hydrogen-bond donors (Lipinski definition) is 2. The fourth-order valence-electron chi connectivity index (χ4n) is 2.16. The van der Waals surface area contributed by atoms with E-state index in [1.807, 2.05) is 30.3 Å². The zero-order chi connectivity index (χ0) is 15.2. The molecule has 1 heterocycles. The van der Waals surface area contributed by atoms with Crippen LogP contribution < -0.4 is 10.6 Å². The van der Waals surface area contributed by atoms with Gasteiger partial charge in [0.1, 0.15) is 0 Å². The molecular formula is C15H17BrN2O3. The van der Waals surface area contributed by atoms with Crippen LogP contribution in [0.4, 0.5) is 4.79 Å². The van der Waals surface area contributed by atoms with Gasteiger partial charge < -0.3 is 15.4 Å². The Morgan fingerprint density at radius 1 is 1.33 bits per heavy atom. The molecule has 0 aliphatic carbocycles. The maximum Gasteiger partial charge on any atom is 0.338 e. The lowest BCUT2D eigenvalue weighted by Crippen LogP contribution is -2.45. The number of hydrogen-bond acceptors (Lipinski definition) is 3. The van der Waals surface area contributed by atoms with Gasteiger partial charge in [-0.1, -0.05) is 46.3 Å². The third-order valence-corrected chi connectivity index (χ3v) is 3.69. The number of benzene rings is 1. The third-order valence-electron chi connectivity index (χ3n) is 3.13. The lowest BCUT2D eigenvalue weighted by atomic mass is 9.96. The Morgan fingerprint density at radius 2 is 2.05 bits per heavy atom. The molecule has 112 valence electrons. The minimum Gasteiger partial charge on any atom is -0.462 e. The van der Waals surface area contributed by atoms with Crippen molar-refractivity contribution in [2.45, 2.75) is 19.4 Å². The quantitative estimate of drug-likeness (QED) is 0.486. The van der Waals surface area contributed by atoms with E-state index < -0.39 is 12.0 Å². The topological polar surface area (TPSA) is 67.4 Å². The second kappa shape index (κ2) is 7.26. The molecule has 1 aliphatic rings. The maximum atomic E-state index is 12.3. The number of allylic oxidation sites excluding steroid dienone is 1. The van der Waals surface area contributed by atoms with Crippen molar-refractivity contribution in [1.82, 2.24) is 10.6 Å². The van der Waals surface area contributed by atoms with Crippen LogP contribution in [0.1, 0.15) is 24.9 Å². The molecule has 0 aromatic heterocycles. The first-order valence-corrected chi connectivity index (χ1v) is 7.82. The van der Waals surface area contributed by atoms with Gasteiger partial charge >= 0.3 is 12.0 Å². The normalized spacial score (nSPS) is 18.0. The van der Waals surface area contributed by atoms with Gasteiger partial charge in [-0.05, 0) is 18.9 Å². The predicted molar refractivity (Wildman–Crippen MR) is 82.9 cm³/mol. The predicted octanol–water partition coefficient (Wildman–Crippen LogP) is 2.64. The molecule has 1 aliphatic heterocycles. The van der Waals surface area contributed by atoms with Crippen molar-refractivity contribution in [1.29, 1.82) is 0 Å². The van der Waals surface area contributed by atoms with Crippen molar-refractivity contribution in [3.05, 3.63) is 47.2 Å². The molecule has 0 radical (unpaired) electrons. The van der Waals surface area contributed by atoms with Crippen LogP contribution in [0.5, 0.6) is 0 Å². The largest absolute Gasteiger partial charge is 0.462 e. The number of alkyl halides is 1. The van der Waals surface area contributed by atoms with Gasteiger partial charge in [0.2, 0.25) is 0 Å². The van der Waals surface area contributed by atoms with Gasteiger partial charge in [-0.25, -0.2) is 9.59 Å². The fraction of sp³-hybridized carbons (Fsp3) is 0.333. The van der Waals surface area contributed by atoms with Gasteiger partial charge in [-0.3, -0.25) is 0 Å². The summed E-state index contributed by atoms with van der Waals surface area (Å²) < 4.78 is 5.26. The first-order valence-electron chi connectivity index (χ1n) is 6.70. The summed E-state index contributed by atoms with van der Waals surface area (Å²) in [7, 11) is 0. The Bertz CT molecular complexity index is 557. The van der Waals surface area contributed by atoms with Crippen molar-refractivity contribution < 1.29 is 14.3 Å². The van der Waals surface area contributed by atoms with Gasteiger partial charge in [0.25, 0.3) is 0 Å². The average Bonchev–Trinajstić information content (AvgIpc) is 2.47. The van der Waals surface area contributed by atoms with Gasteiger partial charge in [-0.15, -0.1) is 0 Å². The SMILES string of the molecule is CC1=C(C(=O)OCCCBr)[C@H](c2ccccc2)NC(=O)N1. The molecule has 0 fully saturated rings. The summed E-state index contributed by atoms with van der Waals surface area (Å²) in [6.45, 7) is 2.05.